The third-order valence-electron chi connectivity index (χ3n) is 5.12. The lowest BCUT2D eigenvalue weighted by atomic mass is 9.99. The molecule has 2 aromatic carbocycles. The zero-order valence-corrected chi connectivity index (χ0v) is 16.0. The van der Waals surface area contributed by atoms with E-state index in [0.717, 1.165) is 37.1 Å². The molecule has 0 saturated carbocycles. The number of anilines is 1. The summed E-state index contributed by atoms with van der Waals surface area (Å²) in [7, 11) is 0. The molecule has 0 radical (unpaired) electrons. The van der Waals surface area contributed by atoms with Gasteiger partial charge in [-0.05, 0) is 43.9 Å². The smallest absolute Gasteiger partial charge is 0.293 e. The summed E-state index contributed by atoms with van der Waals surface area (Å²) in [5, 5.41) is 15.7. The average molecular weight is 378 g/mol. The summed E-state index contributed by atoms with van der Waals surface area (Å²) >= 11 is 0. The highest BCUT2D eigenvalue weighted by atomic mass is 16.6. The number of piperidine rings is 1. The van der Waals surface area contributed by atoms with E-state index in [2.05, 4.69) is 22.0 Å². The Morgan fingerprint density at radius 3 is 2.82 bits per heavy atom. The molecule has 4 rings (SSSR count). The highest BCUT2D eigenvalue weighted by Gasteiger charge is 2.25. The third-order valence-corrected chi connectivity index (χ3v) is 5.12. The van der Waals surface area contributed by atoms with E-state index in [0.29, 0.717) is 23.0 Å². The highest BCUT2D eigenvalue weighted by molar-refractivity contribution is 5.71. The summed E-state index contributed by atoms with van der Waals surface area (Å²) in [5.74, 6) is 1.27. The minimum absolute atomic E-state index is 0.0712. The van der Waals surface area contributed by atoms with Crippen LogP contribution in [0.5, 0.6) is 0 Å². The zero-order chi connectivity index (χ0) is 19.7. The molecule has 0 bridgehead atoms. The molecule has 2 heterocycles. The highest BCUT2D eigenvalue weighted by Crippen LogP contribution is 2.35. The van der Waals surface area contributed by atoms with Gasteiger partial charge in [0.2, 0.25) is 5.82 Å². The minimum atomic E-state index is -0.337. The first-order valence-electron chi connectivity index (χ1n) is 9.46. The normalized spacial score (nSPS) is 16.9. The summed E-state index contributed by atoms with van der Waals surface area (Å²) < 4.78 is 5.38. The van der Waals surface area contributed by atoms with Crippen LogP contribution in [-0.4, -0.2) is 28.2 Å². The number of hydrogen-bond acceptors (Lipinski definition) is 6. The Kier molecular flexibility index (Phi) is 4.81. The van der Waals surface area contributed by atoms with Gasteiger partial charge in [0.25, 0.3) is 11.6 Å². The lowest BCUT2D eigenvalue weighted by molar-refractivity contribution is -0.384. The maximum absolute atomic E-state index is 11.7. The molecule has 1 aliphatic rings. The van der Waals surface area contributed by atoms with Crippen LogP contribution in [-0.2, 0) is 0 Å². The molecule has 7 nitrogen and oxygen atoms in total. The Morgan fingerprint density at radius 2 is 2.07 bits per heavy atom. The number of benzene rings is 2. The van der Waals surface area contributed by atoms with Crippen molar-refractivity contribution in [3.05, 3.63) is 58.1 Å². The molecule has 3 aromatic rings. The van der Waals surface area contributed by atoms with Gasteiger partial charge in [0.05, 0.1) is 4.92 Å². The Labute approximate surface area is 163 Å². The second-order valence-corrected chi connectivity index (χ2v) is 7.45. The van der Waals surface area contributed by atoms with Gasteiger partial charge in [0.15, 0.2) is 0 Å². The maximum atomic E-state index is 11.7. The summed E-state index contributed by atoms with van der Waals surface area (Å²) in [6, 6.07) is 12.9. The molecule has 1 fully saturated rings. The molecule has 0 spiro atoms. The lowest BCUT2D eigenvalue weighted by Crippen LogP contribution is -2.34. The number of nitro benzene ring substituents is 1. The van der Waals surface area contributed by atoms with E-state index < -0.39 is 0 Å². The van der Waals surface area contributed by atoms with Gasteiger partial charge in [-0.1, -0.05) is 35.8 Å². The van der Waals surface area contributed by atoms with Gasteiger partial charge in [-0.3, -0.25) is 10.1 Å². The van der Waals surface area contributed by atoms with Crippen molar-refractivity contribution in [3.63, 3.8) is 0 Å². The van der Waals surface area contributed by atoms with Crippen LogP contribution in [0.1, 0.15) is 25.3 Å². The topological polar surface area (TPSA) is 85.3 Å². The fourth-order valence-corrected chi connectivity index (χ4v) is 3.72. The largest absolute Gasteiger partial charge is 0.366 e. The van der Waals surface area contributed by atoms with E-state index in [4.69, 9.17) is 4.52 Å². The second-order valence-electron chi connectivity index (χ2n) is 7.45. The van der Waals surface area contributed by atoms with Gasteiger partial charge < -0.3 is 9.42 Å². The number of hydrogen-bond donors (Lipinski definition) is 0. The Hall–Kier alpha value is -3.22. The average Bonchev–Trinajstić information content (AvgIpc) is 3.18. The molecule has 0 amide bonds. The van der Waals surface area contributed by atoms with Gasteiger partial charge in [-0.2, -0.15) is 4.98 Å². The monoisotopic (exact) mass is 378 g/mol. The van der Waals surface area contributed by atoms with E-state index in [-0.39, 0.29) is 16.5 Å². The summed E-state index contributed by atoms with van der Waals surface area (Å²) in [5.41, 5.74) is 3.22. The molecule has 1 atom stereocenters. The molecule has 0 N–H and O–H groups in total. The predicted molar refractivity (Wildman–Crippen MR) is 107 cm³/mol. The zero-order valence-electron chi connectivity index (χ0n) is 16.0. The van der Waals surface area contributed by atoms with Crippen LogP contribution in [0.3, 0.4) is 0 Å². The lowest BCUT2D eigenvalue weighted by Gasteiger charge is -2.32. The van der Waals surface area contributed by atoms with E-state index in [9.17, 15) is 10.1 Å². The van der Waals surface area contributed by atoms with E-state index in [1.165, 1.54) is 6.07 Å². The van der Waals surface area contributed by atoms with Gasteiger partial charge >= 0.3 is 0 Å². The van der Waals surface area contributed by atoms with Gasteiger partial charge in [0, 0.05) is 30.3 Å². The predicted octanol–water partition coefficient (Wildman–Crippen LogP) is 4.86. The standard InChI is InChI=1S/C21H22N4O3/c1-14-5-3-7-16(11-14)20-22-21(28-23-20)17-8-9-18(19(12-17)25(26)27)24-10-4-6-15(2)13-24/h3,5,7-9,11-12,15H,4,6,10,13H2,1-2H3. The Bertz CT molecular complexity index is 1010. The third kappa shape index (κ3) is 3.60. The van der Waals surface area contributed by atoms with E-state index >= 15 is 0 Å². The molecule has 28 heavy (non-hydrogen) atoms. The van der Waals surface area contributed by atoms with Crippen LogP contribution < -0.4 is 4.90 Å². The molecule has 7 heteroatoms. The minimum Gasteiger partial charge on any atom is -0.366 e. The van der Waals surface area contributed by atoms with Crippen molar-refractivity contribution < 1.29 is 9.45 Å². The maximum Gasteiger partial charge on any atom is 0.293 e. The van der Waals surface area contributed by atoms with Crippen molar-refractivity contribution >= 4 is 11.4 Å². The van der Waals surface area contributed by atoms with E-state index in [1.54, 1.807) is 6.07 Å². The van der Waals surface area contributed by atoms with Crippen LogP contribution in [0, 0.1) is 23.0 Å². The number of nitrogens with zero attached hydrogens (tertiary/aromatic N) is 4. The van der Waals surface area contributed by atoms with Crippen molar-refractivity contribution in [2.75, 3.05) is 18.0 Å². The first-order chi connectivity index (χ1) is 13.5. The van der Waals surface area contributed by atoms with Gasteiger partial charge in [-0.25, -0.2) is 0 Å². The van der Waals surface area contributed by atoms with Crippen molar-refractivity contribution in [1.29, 1.82) is 0 Å². The van der Waals surface area contributed by atoms with Crippen molar-refractivity contribution in [3.8, 4) is 22.8 Å². The van der Waals surface area contributed by atoms with Crippen molar-refractivity contribution in [2.45, 2.75) is 26.7 Å². The van der Waals surface area contributed by atoms with Crippen LogP contribution in [0.2, 0.25) is 0 Å². The molecule has 1 aromatic heterocycles. The summed E-state index contributed by atoms with van der Waals surface area (Å²) in [6.07, 6.45) is 2.20. The van der Waals surface area contributed by atoms with Crippen molar-refractivity contribution in [1.82, 2.24) is 10.1 Å². The summed E-state index contributed by atoms with van der Waals surface area (Å²) in [4.78, 5) is 17.9. The number of nitro groups is 1. The summed E-state index contributed by atoms with van der Waals surface area (Å²) in [6.45, 7) is 5.84. The molecule has 1 aliphatic heterocycles. The van der Waals surface area contributed by atoms with Gasteiger partial charge in [-0.15, -0.1) is 0 Å². The fourth-order valence-electron chi connectivity index (χ4n) is 3.72. The molecule has 1 saturated heterocycles. The Balaban J connectivity index is 1.67. The van der Waals surface area contributed by atoms with E-state index in [1.807, 2.05) is 37.3 Å². The fraction of sp³-hybridized carbons (Fsp3) is 0.333. The molecule has 0 aliphatic carbocycles. The van der Waals surface area contributed by atoms with Crippen LogP contribution in [0.15, 0.2) is 47.0 Å². The second kappa shape index (κ2) is 7.42. The van der Waals surface area contributed by atoms with Crippen LogP contribution in [0.4, 0.5) is 11.4 Å². The number of aryl methyl sites for hydroxylation is 1. The Morgan fingerprint density at radius 1 is 1.21 bits per heavy atom. The molecule has 144 valence electrons. The SMILES string of the molecule is Cc1cccc(-c2noc(-c3ccc(N4CCCC(C)C4)c([N+](=O)[O-])c3)n2)c1. The van der Waals surface area contributed by atoms with Crippen molar-refractivity contribution in [2.24, 2.45) is 5.92 Å². The van der Waals surface area contributed by atoms with Crippen LogP contribution >= 0.6 is 0 Å². The number of rotatable bonds is 4. The molecular weight excluding hydrogens is 356 g/mol. The quantitative estimate of drug-likeness (QED) is 0.476. The molecular formula is C21H22N4O3. The number of aromatic nitrogens is 2. The van der Waals surface area contributed by atoms with Gasteiger partial charge in [0.1, 0.15) is 5.69 Å². The first kappa shape index (κ1) is 18.2. The first-order valence-corrected chi connectivity index (χ1v) is 9.46. The van der Waals surface area contributed by atoms with Crippen LogP contribution in [0.25, 0.3) is 22.8 Å². The molecule has 1 unspecified atom stereocenters.